The summed E-state index contributed by atoms with van der Waals surface area (Å²) in [7, 11) is 0. The maximum Gasteiger partial charge on any atom is 0.433 e. The van der Waals surface area contributed by atoms with Crippen LogP contribution in [-0.4, -0.2) is 16.5 Å². The fourth-order valence-electron chi connectivity index (χ4n) is 2.21. The van der Waals surface area contributed by atoms with Gasteiger partial charge < -0.3 is 10.1 Å². The molecule has 0 fully saturated rings. The van der Waals surface area contributed by atoms with Crippen LogP contribution in [-0.2, 0) is 12.6 Å². The van der Waals surface area contributed by atoms with Gasteiger partial charge in [-0.1, -0.05) is 12.1 Å². The number of hydrogen-bond acceptors (Lipinski definition) is 4. The van der Waals surface area contributed by atoms with E-state index < -0.39 is 11.9 Å². The molecular weight excluding hydrogens is 283 g/mol. The first-order valence-electron chi connectivity index (χ1n) is 6.48. The van der Waals surface area contributed by atoms with Crippen molar-refractivity contribution in [1.29, 1.82) is 0 Å². The first-order chi connectivity index (χ1) is 10.0. The molecule has 0 aliphatic carbocycles. The second kappa shape index (κ2) is 5.23. The van der Waals surface area contributed by atoms with Gasteiger partial charge in [-0.05, 0) is 30.5 Å². The highest BCUT2D eigenvalue weighted by molar-refractivity contribution is 5.63. The number of alkyl halides is 3. The van der Waals surface area contributed by atoms with Crippen molar-refractivity contribution in [2.24, 2.45) is 0 Å². The van der Waals surface area contributed by atoms with Crippen LogP contribution in [0.1, 0.15) is 17.7 Å². The van der Waals surface area contributed by atoms with Crippen molar-refractivity contribution in [3.8, 4) is 11.8 Å². The summed E-state index contributed by atoms with van der Waals surface area (Å²) in [5, 5.41) is 3.19. The molecule has 0 atom stereocenters. The van der Waals surface area contributed by atoms with Crippen LogP contribution in [0.25, 0.3) is 0 Å². The number of anilines is 1. The molecule has 0 amide bonds. The number of fused-ring (bicyclic) bond motifs is 1. The van der Waals surface area contributed by atoms with Gasteiger partial charge in [-0.25, -0.2) is 4.98 Å². The van der Waals surface area contributed by atoms with Crippen molar-refractivity contribution < 1.29 is 17.9 Å². The Bertz CT molecular complexity index is 658. The van der Waals surface area contributed by atoms with E-state index in [1.807, 2.05) is 6.07 Å². The summed E-state index contributed by atoms with van der Waals surface area (Å²) in [5.41, 5.74) is 0.848. The summed E-state index contributed by atoms with van der Waals surface area (Å²) in [6, 6.07) is 5.94. The van der Waals surface area contributed by atoms with Gasteiger partial charge in [-0.3, -0.25) is 0 Å². The minimum atomic E-state index is -4.52. The lowest BCUT2D eigenvalue weighted by molar-refractivity contribution is -0.141. The van der Waals surface area contributed by atoms with E-state index in [1.54, 1.807) is 12.1 Å². The van der Waals surface area contributed by atoms with Gasteiger partial charge in [0.25, 0.3) is 0 Å². The molecule has 4 nitrogen and oxygen atoms in total. The van der Waals surface area contributed by atoms with Gasteiger partial charge in [0.15, 0.2) is 11.4 Å². The Morgan fingerprint density at radius 1 is 1.19 bits per heavy atom. The molecule has 1 aliphatic rings. The number of nitrogens with one attached hydrogen (secondary N) is 1. The lowest BCUT2D eigenvalue weighted by Gasteiger charge is -2.20. The third-order valence-electron chi connectivity index (χ3n) is 3.16. The van der Waals surface area contributed by atoms with E-state index >= 15 is 0 Å². The zero-order valence-corrected chi connectivity index (χ0v) is 10.9. The molecule has 110 valence electrons. The number of aryl methyl sites for hydroxylation is 1. The summed E-state index contributed by atoms with van der Waals surface area (Å²) in [5.74, 6) is 0.437. The molecule has 1 aliphatic heterocycles. The third-order valence-corrected chi connectivity index (χ3v) is 3.16. The van der Waals surface area contributed by atoms with Crippen molar-refractivity contribution in [1.82, 2.24) is 9.97 Å². The Kier molecular flexibility index (Phi) is 3.40. The summed E-state index contributed by atoms with van der Waals surface area (Å²) in [6.45, 7) is 0.802. The zero-order valence-electron chi connectivity index (χ0n) is 10.9. The Hall–Kier alpha value is -2.31. The van der Waals surface area contributed by atoms with Crippen molar-refractivity contribution in [3.05, 3.63) is 41.7 Å². The molecule has 3 rings (SSSR count). The molecule has 7 heteroatoms. The number of rotatable bonds is 2. The van der Waals surface area contributed by atoms with Gasteiger partial charge in [-0.15, -0.1) is 0 Å². The Labute approximate surface area is 119 Å². The maximum atomic E-state index is 12.6. The zero-order chi connectivity index (χ0) is 14.9. The SMILES string of the molecule is FC(F)(F)c1ccnc(Oc2cccc3c2NCCC3)n1. The second-order valence-electron chi connectivity index (χ2n) is 4.64. The van der Waals surface area contributed by atoms with Gasteiger partial charge in [0.05, 0.1) is 5.69 Å². The fourth-order valence-corrected chi connectivity index (χ4v) is 2.21. The topological polar surface area (TPSA) is 47.0 Å². The average molecular weight is 295 g/mol. The molecule has 1 N–H and O–H groups in total. The van der Waals surface area contributed by atoms with Gasteiger partial charge in [0, 0.05) is 12.7 Å². The fraction of sp³-hybridized carbons (Fsp3) is 0.286. The number of nitrogens with zero attached hydrogens (tertiary/aromatic N) is 2. The Morgan fingerprint density at radius 2 is 2.05 bits per heavy atom. The van der Waals surface area contributed by atoms with Crippen molar-refractivity contribution in [3.63, 3.8) is 0 Å². The van der Waals surface area contributed by atoms with E-state index in [2.05, 4.69) is 15.3 Å². The molecular formula is C14H12F3N3O. The average Bonchev–Trinajstić information content (AvgIpc) is 2.47. The van der Waals surface area contributed by atoms with Crippen LogP contribution in [0, 0.1) is 0 Å². The predicted octanol–water partition coefficient (Wildman–Crippen LogP) is 3.65. The Balaban J connectivity index is 1.91. The molecule has 0 unspecified atom stereocenters. The first kappa shape index (κ1) is 13.7. The maximum absolute atomic E-state index is 12.6. The van der Waals surface area contributed by atoms with Crippen LogP contribution in [0.5, 0.6) is 11.8 Å². The number of ether oxygens (including phenoxy) is 1. The van der Waals surface area contributed by atoms with Crippen LogP contribution in [0.15, 0.2) is 30.5 Å². The highest BCUT2D eigenvalue weighted by atomic mass is 19.4. The molecule has 0 saturated heterocycles. The number of aromatic nitrogens is 2. The number of benzene rings is 1. The van der Waals surface area contributed by atoms with Crippen molar-refractivity contribution in [2.45, 2.75) is 19.0 Å². The molecule has 2 aromatic rings. The molecule has 0 spiro atoms. The van der Waals surface area contributed by atoms with Gasteiger partial charge >= 0.3 is 12.2 Å². The van der Waals surface area contributed by atoms with Crippen LogP contribution in [0.3, 0.4) is 0 Å². The van der Waals surface area contributed by atoms with Crippen LogP contribution >= 0.6 is 0 Å². The largest absolute Gasteiger partial charge is 0.433 e. The lowest BCUT2D eigenvalue weighted by Crippen LogP contribution is -2.13. The van der Waals surface area contributed by atoms with E-state index in [4.69, 9.17) is 4.74 Å². The monoisotopic (exact) mass is 295 g/mol. The number of para-hydroxylation sites is 1. The minimum Gasteiger partial charge on any atom is -0.422 e. The van der Waals surface area contributed by atoms with Crippen molar-refractivity contribution >= 4 is 5.69 Å². The lowest BCUT2D eigenvalue weighted by atomic mass is 10.0. The normalized spacial score (nSPS) is 14.2. The van der Waals surface area contributed by atoms with Crippen molar-refractivity contribution in [2.75, 3.05) is 11.9 Å². The predicted molar refractivity (Wildman–Crippen MR) is 70.4 cm³/mol. The van der Waals surface area contributed by atoms with Crippen LogP contribution in [0.4, 0.5) is 18.9 Å². The van der Waals surface area contributed by atoms with Gasteiger partial charge in [0.2, 0.25) is 0 Å². The molecule has 1 aromatic carbocycles. The molecule has 0 radical (unpaired) electrons. The Morgan fingerprint density at radius 3 is 2.86 bits per heavy atom. The van der Waals surface area contributed by atoms with Gasteiger partial charge in [-0.2, -0.15) is 18.2 Å². The van der Waals surface area contributed by atoms with E-state index in [-0.39, 0.29) is 6.01 Å². The molecule has 0 bridgehead atoms. The molecule has 21 heavy (non-hydrogen) atoms. The number of hydrogen-bond donors (Lipinski definition) is 1. The van der Waals surface area contributed by atoms with Gasteiger partial charge in [0.1, 0.15) is 0 Å². The van der Waals surface area contributed by atoms with E-state index in [1.165, 1.54) is 0 Å². The first-order valence-corrected chi connectivity index (χ1v) is 6.48. The van der Waals surface area contributed by atoms with E-state index in [0.717, 1.165) is 42.9 Å². The smallest absolute Gasteiger partial charge is 0.422 e. The third kappa shape index (κ3) is 2.91. The summed E-state index contributed by atoms with van der Waals surface area (Å²) < 4.78 is 43.3. The highest BCUT2D eigenvalue weighted by Gasteiger charge is 2.33. The molecule has 2 heterocycles. The summed E-state index contributed by atoms with van der Waals surface area (Å²) in [6.07, 6.45) is -1.57. The van der Waals surface area contributed by atoms with E-state index in [0.29, 0.717) is 5.75 Å². The summed E-state index contributed by atoms with van der Waals surface area (Å²) in [4.78, 5) is 7.14. The quantitative estimate of drug-likeness (QED) is 0.918. The highest BCUT2D eigenvalue weighted by Crippen LogP contribution is 2.35. The number of halogens is 3. The summed E-state index contributed by atoms with van der Waals surface area (Å²) >= 11 is 0. The minimum absolute atomic E-state index is 0.314. The molecule has 1 aromatic heterocycles. The van der Waals surface area contributed by atoms with E-state index in [9.17, 15) is 13.2 Å². The van der Waals surface area contributed by atoms with Crippen LogP contribution < -0.4 is 10.1 Å². The second-order valence-corrected chi connectivity index (χ2v) is 4.64. The molecule has 0 saturated carbocycles. The standard InChI is InChI=1S/C14H12F3N3O/c15-14(16,17)11-6-8-19-13(20-11)21-10-5-1-3-9-4-2-7-18-12(9)10/h1,3,5-6,8,18H,2,4,7H2. The van der Waals surface area contributed by atoms with Crippen LogP contribution in [0.2, 0.25) is 0 Å².